The third-order valence-corrected chi connectivity index (χ3v) is 5.12. The molecule has 1 aliphatic heterocycles. The molecule has 1 fully saturated rings. The van der Waals surface area contributed by atoms with Crippen LogP contribution in [0.3, 0.4) is 0 Å². The molecule has 0 radical (unpaired) electrons. The van der Waals surface area contributed by atoms with E-state index in [1.165, 1.54) is 19.3 Å². The molecular weight excluding hydrogens is 320 g/mol. The van der Waals surface area contributed by atoms with Gasteiger partial charge in [-0.25, -0.2) is 9.97 Å². The molecule has 4 aromatic rings. The van der Waals surface area contributed by atoms with Crippen LogP contribution in [0.1, 0.15) is 19.3 Å². The van der Waals surface area contributed by atoms with Crippen molar-refractivity contribution in [3.05, 3.63) is 60.8 Å². The topological polar surface area (TPSA) is 41.9 Å². The molecule has 0 N–H and O–H groups in total. The standard InChI is InChI=1S/C22H20N4/c1-3-8-16(9-4-1)21-20-17-10-7-13-23-18(17)11-12-19(20)24-22(25-21)26-14-5-2-6-15-26/h1,3-4,7-13H,2,5-6,14-15H2. The number of pyridine rings is 1. The normalized spacial score (nSPS) is 14.8. The molecule has 0 amide bonds. The number of rotatable bonds is 2. The number of piperidine rings is 1. The van der Waals surface area contributed by atoms with Crippen molar-refractivity contribution >= 4 is 27.8 Å². The first-order valence-electron chi connectivity index (χ1n) is 9.26. The van der Waals surface area contributed by atoms with Crippen LogP contribution in [0.2, 0.25) is 0 Å². The third kappa shape index (κ3) is 2.58. The van der Waals surface area contributed by atoms with Crippen molar-refractivity contribution in [2.45, 2.75) is 19.3 Å². The molecule has 0 aliphatic carbocycles. The Morgan fingerprint density at radius 3 is 2.38 bits per heavy atom. The van der Waals surface area contributed by atoms with Gasteiger partial charge >= 0.3 is 0 Å². The van der Waals surface area contributed by atoms with E-state index in [-0.39, 0.29) is 0 Å². The van der Waals surface area contributed by atoms with Gasteiger partial charge in [-0.2, -0.15) is 0 Å². The molecule has 4 heteroatoms. The van der Waals surface area contributed by atoms with Crippen LogP contribution in [0.25, 0.3) is 33.1 Å². The van der Waals surface area contributed by atoms with E-state index in [9.17, 15) is 0 Å². The molecule has 0 saturated carbocycles. The minimum Gasteiger partial charge on any atom is -0.341 e. The van der Waals surface area contributed by atoms with Crippen molar-refractivity contribution in [2.24, 2.45) is 0 Å². The first kappa shape index (κ1) is 15.3. The summed E-state index contributed by atoms with van der Waals surface area (Å²) in [5, 5.41) is 2.19. The molecule has 1 saturated heterocycles. The van der Waals surface area contributed by atoms with Gasteiger partial charge in [0.05, 0.1) is 16.7 Å². The predicted octanol–water partition coefficient (Wildman–Crippen LogP) is 4.84. The summed E-state index contributed by atoms with van der Waals surface area (Å²) >= 11 is 0. The monoisotopic (exact) mass is 340 g/mol. The lowest BCUT2D eigenvalue weighted by molar-refractivity contribution is 0.569. The zero-order valence-electron chi connectivity index (χ0n) is 14.6. The maximum Gasteiger partial charge on any atom is 0.226 e. The Bertz CT molecular complexity index is 1070. The second kappa shape index (κ2) is 6.37. The minimum atomic E-state index is 0.847. The van der Waals surface area contributed by atoms with Gasteiger partial charge in [-0.3, -0.25) is 4.98 Å². The van der Waals surface area contributed by atoms with Crippen LogP contribution in [0.15, 0.2) is 60.8 Å². The van der Waals surface area contributed by atoms with E-state index in [0.717, 1.165) is 52.1 Å². The van der Waals surface area contributed by atoms with Crippen LogP contribution in [-0.2, 0) is 0 Å². The molecular formula is C22H20N4. The Balaban J connectivity index is 1.82. The Morgan fingerprint density at radius 2 is 1.54 bits per heavy atom. The van der Waals surface area contributed by atoms with Crippen molar-refractivity contribution in [2.75, 3.05) is 18.0 Å². The van der Waals surface area contributed by atoms with Crippen LogP contribution in [0.5, 0.6) is 0 Å². The van der Waals surface area contributed by atoms with E-state index in [1.807, 2.05) is 18.3 Å². The van der Waals surface area contributed by atoms with Crippen molar-refractivity contribution < 1.29 is 0 Å². The van der Waals surface area contributed by atoms with Crippen LogP contribution >= 0.6 is 0 Å². The number of hydrogen-bond acceptors (Lipinski definition) is 4. The lowest BCUT2D eigenvalue weighted by Crippen LogP contribution is -2.31. The lowest BCUT2D eigenvalue weighted by Gasteiger charge is -2.27. The average molecular weight is 340 g/mol. The summed E-state index contributed by atoms with van der Waals surface area (Å²) in [5.41, 5.74) is 4.08. The van der Waals surface area contributed by atoms with Gasteiger partial charge in [-0.1, -0.05) is 36.4 Å². The highest BCUT2D eigenvalue weighted by Crippen LogP contribution is 2.33. The molecule has 0 spiro atoms. The summed E-state index contributed by atoms with van der Waals surface area (Å²) in [7, 11) is 0. The maximum atomic E-state index is 5.03. The smallest absolute Gasteiger partial charge is 0.226 e. The fraction of sp³-hybridized carbons (Fsp3) is 0.227. The predicted molar refractivity (Wildman–Crippen MR) is 106 cm³/mol. The molecule has 4 nitrogen and oxygen atoms in total. The fourth-order valence-corrected chi connectivity index (χ4v) is 3.81. The molecule has 0 unspecified atom stereocenters. The summed E-state index contributed by atoms with van der Waals surface area (Å²) in [6.07, 6.45) is 5.55. The van der Waals surface area contributed by atoms with Gasteiger partial charge in [0.15, 0.2) is 0 Å². The highest BCUT2D eigenvalue weighted by molar-refractivity contribution is 6.11. The molecule has 0 bridgehead atoms. The van der Waals surface area contributed by atoms with E-state index in [1.54, 1.807) is 0 Å². The van der Waals surface area contributed by atoms with E-state index in [2.05, 4.69) is 52.3 Å². The van der Waals surface area contributed by atoms with Gasteiger partial charge in [0.1, 0.15) is 0 Å². The zero-order valence-corrected chi connectivity index (χ0v) is 14.6. The molecule has 1 aliphatic rings. The number of aromatic nitrogens is 3. The van der Waals surface area contributed by atoms with Crippen LogP contribution in [-0.4, -0.2) is 28.0 Å². The second-order valence-electron chi connectivity index (χ2n) is 6.82. The quantitative estimate of drug-likeness (QED) is 0.490. The second-order valence-corrected chi connectivity index (χ2v) is 6.82. The zero-order chi connectivity index (χ0) is 17.3. The van der Waals surface area contributed by atoms with E-state index in [0.29, 0.717) is 0 Å². The van der Waals surface area contributed by atoms with Gasteiger partial charge in [0, 0.05) is 35.6 Å². The molecule has 3 heterocycles. The number of anilines is 1. The summed E-state index contributed by atoms with van der Waals surface area (Å²) in [6.45, 7) is 2.07. The number of fused-ring (bicyclic) bond motifs is 3. The van der Waals surface area contributed by atoms with Crippen molar-refractivity contribution in [1.29, 1.82) is 0 Å². The van der Waals surface area contributed by atoms with Crippen LogP contribution < -0.4 is 4.90 Å². The summed E-state index contributed by atoms with van der Waals surface area (Å²) < 4.78 is 0. The van der Waals surface area contributed by atoms with Gasteiger partial charge in [0.25, 0.3) is 0 Å². The Hall–Kier alpha value is -3.01. The molecule has 2 aromatic carbocycles. The van der Waals surface area contributed by atoms with E-state index >= 15 is 0 Å². The summed E-state index contributed by atoms with van der Waals surface area (Å²) in [4.78, 5) is 16.8. The summed E-state index contributed by atoms with van der Waals surface area (Å²) in [6, 6.07) is 18.6. The van der Waals surface area contributed by atoms with Crippen molar-refractivity contribution in [3.8, 4) is 11.3 Å². The van der Waals surface area contributed by atoms with Crippen molar-refractivity contribution in [3.63, 3.8) is 0 Å². The van der Waals surface area contributed by atoms with Gasteiger partial charge in [-0.05, 0) is 37.5 Å². The number of nitrogens with zero attached hydrogens (tertiary/aromatic N) is 4. The largest absolute Gasteiger partial charge is 0.341 e. The van der Waals surface area contributed by atoms with Gasteiger partial charge in [0.2, 0.25) is 5.95 Å². The molecule has 2 aromatic heterocycles. The number of benzene rings is 2. The first-order chi connectivity index (χ1) is 12.9. The fourth-order valence-electron chi connectivity index (χ4n) is 3.81. The molecule has 26 heavy (non-hydrogen) atoms. The van der Waals surface area contributed by atoms with Crippen LogP contribution in [0.4, 0.5) is 5.95 Å². The Labute approximate surface area is 152 Å². The van der Waals surface area contributed by atoms with Gasteiger partial charge in [-0.15, -0.1) is 0 Å². The third-order valence-electron chi connectivity index (χ3n) is 5.12. The van der Waals surface area contributed by atoms with E-state index < -0.39 is 0 Å². The van der Waals surface area contributed by atoms with Crippen molar-refractivity contribution in [1.82, 2.24) is 15.0 Å². The first-order valence-corrected chi connectivity index (χ1v) is 9.26. The minimum absolute atomic E-state index is 0.847. The molecule has 0 atom stereocenters. The number of hydrogen-bond donors (Lipinski definition) is 0. The highest BCUT2D eigenvalue weighted by atomic mass is 15.3. The average Bonchev–Trinajstić information content (AvgIpc) is 2.74. The van der Waals surface area contributed by atoms with E-state index in [4.69, 9.17) is 9.97 Å². The molecule has 5 rings (SSSR count). The van der Waals surface area contributed by atoms with Gasteiger partial charge < -0.3 is 4.90 Å². The maximum absolute atomic E-state index is 5.03. The SMILES string of the molecule is c1ccc(-c2nc(N3CCCCC3)nc3ccc4ncccc4c23)cc1. The lowest BCUT2D eigenvalue weighted by atomic mass is 10.0. The van der Waals surface area contributed by atoms with Crippen LogP contribution in [0, 0.1) is 0 Å². The highest BCUT2D eigenvalue weighted by Gasteiger charge is 2.18. The molecule has 128 valence electrons. The Morgan fingerprint density at radius 1 is 0.731 bits per heavy atom. The Kier molecular flexibility index (Phi) is 3.74. The summed E-state index contributed by atoms with van der Waals surface area (Å²) in [5.74, 6) is 0.847.